The summed E-state index contributed by atoms with van der Waals surface area (Å²) in [5, 5.41) is 16.4. The number of pyridine rings is 1. The normalized spacial score (nSPS) is 29.8. The Bertz CT molecular complexity index is 1880. The smallest absolute Gasteiger partial charge is 0.405 e. The van der Waals surface area contributed by atoms with Crippen molar-refractivity contribution in [3.8, 4) is 11.6 Å². The molecule has 3 fully saturated rings. The van der Waals surface area contributed by atoms with Crippen molar-refractivity contribution in [2.75, 3.05) is 26.9 Å². The maximum atomic E-state index is 14.4. The summed E-state index contributed by atoms with van der Waals surface area (Å²) in [6.07, 6.45) is 6.14. The average molecular weight is 756 g/mol. The molecule has 53 heavy (non-hydrogen) atoms. The van der Waals surface area contributed by atoms with Crippen LogP contribution in [0.3, 0.4) is 0 Å². The molecule has 0 bridgehead atoms. The molecule has 4 N–H and O–H groups in total. The lowest BCUT2D eigenvalue weighted by Crippen LogP contribution is -2.59. The summed E-state index contributed by atoms with van der Waals surface area (Å²) in [5.74, 6) is -2.07. The number of carbonyl (C=O) groups is 4. The Morgan fingerprint density at radius 1 is 1.11 bits per heavy atom. The van der Waals surface area contributed by atoms with Crippen LogP contribution in [0.2, 0.25) is 0 Å². The number of ether oxygens (including phenoxy) is 3. The van der Waals surface area contributed by atoms with Crippen molar-refractivity contribution in [2.24, 2.45) is 17.8 Å². The molecule has 0 radical (unpaired) electrons. The van der Waals surface area contributed by atoms with Crippen LogP contribution in [0.25, 0.3) is 10.8 Å². The quantitative estimate of drug-likeness (QED) is 0.205. The van der Waals surface area contributed by atoms with Crippen molar-refractivity contribution in [1.82, 2.24) is 25.2 Å². The van der Waals surface area contributed by atoms with Crippen LogP contribution >= 0.6 is 0 Å². The van der Waals surface area contributed by atoms with Crippen LogP contribution in [0.1, 0.15) is 65.7 Å². The van der Waals surface area contributed by atoms with E-state index in [1.165, 1.54) is 11.1 Å². The third-order valence-electron chi connectivity index (χ3n) is 11.1. The SMILES string of the molecule is COCCOc1cnc(O[C@@H]2C[C@H]3C(=O)N[C@]4(C(=O)NS(=O)(=O)C5(C)CC5)C[C@H]4C=CCC[C@H](C)C[C@@H](C)[C@H](NC(=O)O)C(=O)N3C2)c2ccccc12. The first kappa shape index (κ1) is 38.3. The van der Waals surface area contributed by atoms with Gasteiger partial charge in [0.05, 0.1) is 24.1 Å². The Labute approximate surface area is 309 Å². The summed E-state index contributed by atoms with van der Waals surface area (Å²) in [6.45, 7) is 6.03. The summed E-state index contributed by atoms with van der Waals surface area (Å²) in [6, 6.07) is 5.02. The van der Waals surface area contributed by atoms with Gasteiger partial charge >= 0.3 is 6.09 Å². The number of hydrogen-bond donors (Lipinski definition) is 4. The van der Waals surface area contributed by atoms with E-state index < -0.39 is 74.1 Å². The van der Waals surface area contributed by atoms with Crippen LogP contribution in [0.5, 0.6) is 11.6 Å². The van der Waals surface area contributed by atoms with E-state index in [1.807, 2.05) is 50.3 Å². The number of allylic oxidation sites excluding steroid dienone is 1. The van der Waals surface area contributed by atoms with E-state index in [-0.39, 0.29) is 31.2 Å². The van der Waals surface area contributed by atoms with Crippen LogP contribution in [0.4, 0.5) is 4.79 Å². The first-order valence-electron chi connectivity index (χ1n) is 18.2. The van der Waals surface area contributed by atoms with Gasteiger partial charge in [0.15, 0.2) is 0 Å². The Morgan fingerprint density at radius 3 is 2.55 bits per heavy atom. The molecular formula is C37H49N5O10S. The number of sulfonamides is 1. The molecular weight excluding hydrogens is 706 g/mol. The highest BCUT2D eigenvalue weighted by Gasteiger charge is 2.63. The highest BCUT2D eigenvalue weighted by Crippen LogP contribution is 2.47. The minimum Gasteiger partial charge on any atom is -0.489 e. The van der Waals surface area contributed by atoms with Crippen molar-refractivity contribution in [3.05, 3.63) is 42.6 Å². The Morgan fingerprint density at radius 2 is 1.85 bits per heavy atom. The van der Waals surface area contributed by atoms with Crippen molar-refractivity contribution >= 4 is 44.6 Å². The number of fused-ring (bicyclic) bond motifs is 3. The van der Waals surface area contributed by atoms with Crippen LogP contribution in [-0.4, -0.2) is 103 Å². The van der Waals surface area contributed by atoms with Crippen molar-refractivity contribution in [1.29, 1.82) is 0 Å². The molecule has 15 nitrogen and oxygen atoms in total. The number of carboxylic acid groups (broad SMARTS) is 1. The van der Waals surface area contributed by atoms with Gasteiger partial charge in [-0.2, -0.15) is 0 Å². The molecule has 4 aliphatic rings. The predicted octanol–water partition coefficient (Wildman–Crippen LogP) is 3.13. The second-order valence-corrected chi connectivity index (χ2v) is 17.4. The molecule has 0 spiro atoms. The second-order valence-electron chi connectivity index (χ2n) is 15.2. The molecule has 3 heterocycles. The molecule has 2 aromatic rings. The molecule has 2 saturated carbocycles. The van der Waals surface area contributed by atoms with Crippen LogP contribution in [0, 0.1) is 17.8 Å². The molecule has 1 aromatic carbocycles. The van der Waals surface area contributed by atoms with Crippen molar-refractivity contribution in [3.63, 3.8) is 0 Å². The van der Waals surface area contributed by atoms with Gasteiger partial charge in [-0.15, -0.1) is 0 Å². The molecule has 7 atom stereocenters. The number of nitrogens with zero attached hydrogens (tertiary/aromatic N) is 2. The van der Waals surface area contributed by atoms with Gasteiger partial charge in [-0.05, 0) is 63.4 Å². The largest absolute Gasteiger partial charge is 0.489 e. The van der Waals surface area contributed by atoms with E-state index in [0.717, 1.165) is 11.8 Å². The highest BCUT2D eigenvalue weighted by atomic mass is 32.2. The Hall–Kier alpha value is -4.44. The Balaban J connectivity index is 1.32. The van der Waals surface area contributed by atoms with Gasteiger partial charge in [0.25, 0.3) is 5.91 Å². The van der Waals surface area contributed by atoms with Gasteiger partial charge in [0, 0.05) is 30.2 Å². The van der Waals surface area contributed by atoms with Crippen molar-refractivity contribution < 1.29 is 46.9 Å². The number of benzene rings is 1. The van der Waals surface area contributed by atoms with Crippen LogP contribution in [-0.2, 0) is 29.1 Å². The maximum absolute atomic E-state index is 14.4. The van der Waals surface area contributed by atoms with Gasteiger partial charge in [-0.1, -0.05) is 44.2 Å². The molecule has 1 saturated heterocycles. The first-order chi connectivity index (χ1) is 25.2. The topological polar surface area (TPSA) is 203 Å². The molecule has 6 rings (SSSR count). The minimum atomic E-state index is -4.01. The average Bonchev–Trinajstić information content (AvgIpc) is 3.99. The number of amides is 4. The van der Waals surface area contributed by atoms with Gasteiger partial charge in [0.1, 0.15) is 36.1 Å². The molecule has 1 aromatic heterocycles. The molecule has 0 unspecified atom stereocenters. The standard InChI is InChI=1S/C37H49N5O10S/c1-22-9-5-6-10-24-19-37(24,34(45)41-53(48,49)36(3)13-14-36)40-31(43)28-18-25(21-42(28)33(44)30(23(2)17-22)39-35(46)47)52-32-27-12-8-7-11-26(27)29(20-38-32)51-16-15-50-4/h6-8,10-12,20,22-25,28,30,39H,5,9,13-19,21H2,1-4H3,(H,40,43)(H,41,45)(H,46,47)/t22-,23+,24+,25+,28-,30-,37+/m0/s1. The zero-order valence-electron chi connectivity index (χ0n) is 30.5. The predicted molar refractivity (Wildman–Crippen MR) is 194 cm³/mol. The number of aromatic nitrogens is 1. The molecule has 2 aliphatic heterocycles. The first-order valence-corrected chi connectivity index (χ1v) is 19.7. The summed E-state index contributed by atoms with van der Waals surface area (Å²) < 4.78 is 44.8. The van der Waals surface area contributed by atoms with Gasteiger partial charge in [0.2, 0.25) is 27.7 Å². The van der Waals surface area contributed by atoms with Gasteiger partial charge < -0.3 is 34.9 Å². The number of hydrogen-bond acceptors (Lipinski definition) is 10. The fourth-order valence-corrected chi connectivity index (χ4v) is 8.78. The van der Waals surface area contributed by atoms with E-state index in [1.54, 1.807) is 14.0 Å². The van der Waals surface area contributed by atoms with Gasteiger partial charge in [-0.25, -0.2) is 18.2 Å². The fraction of sp³-hybridized carbons (Fsp3) is 0.595. The summed E-state index contributed by atoms with van der Waals surface area (Å²) in [7, 11) is -2.43. The van der Waals surface area contributed by atoms with E-state index in [2.05, 4.69) is 20.3 Å². The van der Waals surface area contributed by atoms with Crippen LogP contribution < -0.4 is 24.8 Å². The molecule has 4 amide bonds. The third-order valence-corrected chi connectivity index (χ3v) is 13.2. The lowest BCUT2D eigenvalue weighted by molar-refractivity contribution is -0.142. The number of methoxy groups -OCH3 is 1. The van der Waals surface area contributed by atoms with E-state index in [4.69, 9.17) is 14.2 Å². The highest BCUT2D eigenvalue weighted by molar-refractivity contribution is 7.91. The molecule has 16 heteroatoms. The van der Waals surface area contributed by atoms with E-state index in [0.29, 0.717) is 50.0 Å². The molecule has 2 aliphatic carbocycles. The summed E-state index contributed by atoms with van der Waals surface area (Å²) in [4.78, 5) is 60.4. The monoisotopic (exact) mass is 755 g/mol. The van der Waals surface area contributed by atoms with E-state index in [9.17, 15) is 32.7 Å². The third kappa shape index (κ3) is 8.08. The fourth-order valence-electron chi connectivity index (χ4n) is 7.47. The zero-order valence-corrected chi connectivity index (χ0v) is 31.3. The lowest BCUT2D eigenvalue weighted by atomic mass is 9.88. The number of rotatable bonds is 10. The summed E-state index contributed by atoms with van der Waals surface area (Å²) >= 11 is 0. The van der Waals surface area contributed by atoms with Crippen LogP contribution in [0.15, 0.2) is 42.6 Å². The Kier molecular flexibility index (Phi) is 10.9. The lowest BCUT2D eigenvalue weighted by Gasteiger charge is -2.32. The number of nitrogens with one attached hydrogen (secondary N) is 3. The zero-order chi connectivity index (χ0) is 38.1. The maximum Gasteiger partial charge on any atom is 0.405 e. The van der Waals surface area contributed by atoms with Crippen molar-refractivity contribution in [2.45, 2.75) is 94.2 Å². The van der Waals surface area contributed by atoms with E-state index >= 15 is 0 Å². The second kappa shape index (κ2) is 15.1. The minimum absolute atomic E-state index is 0.00117. The van der Waals surface area contributed by atoms with Gasteiger partial charge in [-0.3, -0.25) is 19.1 Å². The molecule has 288 valence electrons. The number of carbonyl (C=O) groups excluding carboxylic acids is 3. The summed E-state index contributed by atoms with van der Waals surface area (Å²) in [5.41, 5.74) is -1.55.